The Morgan fingerprint density at radius 2 is 1.76 bits per heavy atom. The lowest BCUT2D eigenvalue weighted by Gasteiger charge is -2.10. The van der Waals surface area contributed by atoms with E-state index in [0.29, 0.717) is 6.07 Å². The number of nitro groups is 1. The molecule has 2 rings (SSSR count). The Morgan fingerprint density at radius 3 is 2.38 bits per heavy atom. The number of hydrogen-bond acceptors (Lipinski definition) is 3. The molecule has 0 aliphatic rings. The first-order valence-corrected chi connectivity index (χ1v) is 6.48. The molecule has 1 N–H and O–H groups in total. The molecule has 2 aromatic carbocycles. The fourth-order valence-corrected chi connectivity index (χ4v) is 2.29. The summed E-state index contributed by atoms with van der Waals surface area (Å²) < 4.78 is 39.9. The quantitative estimate of drug-likeness (QED) is 0.649. The summed E-state index contributed by atoms with van der Waals surface area (Å²) in [5, 5.41) is 13.3. The van der Waals surface area contributed by atoms with Crippen molar-refractivity contribution in [3.05, 3.63) is 67.9 Å². The monoisotopic (exact) mass is 360 g/mol. The summed E-state index contributed by atoms with van der Waals surface area (Å²) in [6.07, 6.45) is 0. The van der Waals surface area contributed by atoms with E-state index in [1.165, 1.54) is 6.07 Å². The van der Waals surface area contributed by atoms with Crippen LogP contribution in [0.3, 0.4) is 0 Å². The maximum absolute atomic E-state index is 13.6. The summed E-state index contributed by atoms with van der Waals surface area (Å²) in [5.41, 5.74) is -0.147. The van der Waals surface area contributed by atoms with Gasteiger partial charge in [0.1, 0.15) is 17.5 Å². The molecular weight excluding hydrogens is 353 g/mol. The second-order valence-electron chi connectivity index (χ2n) is 4.17. The minimum atomic E-state index is -0.826. The summed E-state index contributed by atoms with van der Waals surface area (Å²) in [6.45, 7) is -0.0558. The first kappa shape index (κ1) is 15.3. The molecule has 0 saturated heterocycles. The van der Waals surface area contributed by atoms with E-state index < -0.39 is 28.1 Å². The Morgan fingerprint density at radius 1 is 1.10 bits per heavy atom. The molecule has 2 aromatic rings. The Hall–Kier alpha value is -2.09. The molecule has 0 spiro atoms. The van der Waals surface area contributed by atoms with Gasteiger partial charge in [-0.15, -0.1) is 0 Å². The second-order valence-corrected chi connectivity index (χ2v) is 5.03. The Kier molecular flexibility index (Phi) is 4.46. The molecule has 0 aliphatic carbocycles. The molecule has 4 nitrogen and oxygen atoms in total. The zero-order chi connectivity index (χ0) is 15.6. The predicted molar refractivity (Wildman–Crippen MR) is 74.4 cm³/mol. The molecule has 0 saturated carbocycles. The van der Waals surface area contributed by atoms with E-state index in [2.05, 4.69) is 21.2 Å². The maximum Gasteiger partial charge on any atom is 0.272 e. The number of non-ortho nitro benzene ring substituents is 1. The topological polar surface area (TPSA) is 55.2 Å². The molecule has 0 aromatic heterocycles. The van der Waals surface area contributed by atoms with E-state index in [-0.39, 0.29) is 22.3 Å². The van der Waals surface area contributed by atoms with Crippen molar-refractivity contribution in [1.29, 1.82) is 0 Å². The minimum absolute atomic E-state index is 0.0108. The third-order valence-electron chi connectivity index (χ3n) is 2.63. The molecule has 0 atom stereocenters. The minimum Gasteiger partial charge on any atom is -0.378 e. The third kappa shape index (κ3) is 3.72. The van der Waals surface area contributed by atoms with Crippen molar-refractivity contribution in [3.63, 3.8) is 0 Å². The normalized spacial score (nSPS) is 10.5. The van der Waals surface area contributed by atoms with Crippen LogP contribution in [0.5, 0.6) is 0 Å². The van der Waals surface area contributed by atoms with Crippen LogP contribution >= 0.6 is 15.9 Å². The zero-order valence-corrected chi connectivity index (χ0v) is 12.0. The number of nitro benzene ring substituents is 1. The molecule has 0 fully saturated rings. The highest BCUT2D eigenvalue weighted by atomic mass is 79.9. The van der Waals surface area contributed by atoms with Crippen molar-refractivity contribution < 1.29 is 18.1 Å². The van der Waals surface area contributed by atoms with Crippen LogP contribution in [0.1, 0.15) is 5.56 Å². The van der Waals surface area contributed by atoms with Gasteiger partial charge in [0, 0.05) is 23.2 Å². The lowest BCUT2D eigenvalue weighted by atomic mass is 10.2. The summed E-state index contributed by atoms with van der Waals surface area (Å²) in [6, 6.07) is 4.82. The first-order chi connectivity index (χ1) is 9.86. The van der Waals surface area contributed by atoms with Gasteiger partial charge in [-0.25, -0.2) is 13.2 Å². The van der Waals surface area contributed by atoms with Gasteiger partial charge in [0.05, 0.1) is 16.7 Å². The van der Waals surface area contributed by atoms with Crippen LogP contribution in [0.2, 0.25) is 0 Å². The van der Waals surface area contributed by atoms with Crippen molar-refractivity contribution in [1.82, 2.24) is 0 Å². The number of nitrogens with one attached hydrogen (secondary N) is 1. The van der Waals surface area contributed by atoms with Crippen LogP contribution < -0.4 is 5.32 Å². The van der Waals surface area contributed by atoms with Crippen LogP contribution in [0, 0.1) is 27.6 Å². The number of benzene rings is 2. The highest BCUT2D eigenvalue weighted by molar-refractivity contribution is 9.10. The molecule has 0 aliphatic heterocycles. The van der Waals surface area contributed by atoms with Crippen LogP contribution in [0.15, 0.2) is 34.8 Å². The van der Waals surface area contributed by atoms with Gasteiger partial charge >= 0.3 is 0 Å². The van der Waals surface area contributed by atoms with E-state index in [1.807, 2.05) is 0 Å². The van der Waals surface area contributed by atoms with Gasteiger partial charge in [0.15, 0.2) is 0 Å². The van der Waals surface area contributed by atoms with Crippen LogP contribution in [-0.4, -0.2) is 4.92 Å². The standard InChI is InChI=1S/C13H8BrF3N2O2/c14-11-4-9(16)5-12(17)13(11)18-6-7-1-8(15)3-10(2-7)19(20)21/h1-5,18H,6H2. The van der Waals surface area contributed by atoms with E-state index >= 15 is 0 Å². The highest BCUT2D eigenvalue weighted by Gasteiger charge is 2.12. The number of hydrogen-bond donors (Lipinski definition) is 1. The predicted octanol–water partition coefficient (Wildman–Crippen LogP) is 4.39. The Balaban J connectivity index is 2.23. The van der Waals surface area contributed by atoms with E-state index in [0.717, 1.165) is 18.2 Å². The maximum atomic E-state index is 13.6. The average Bonchev–Trinajstić information content (AvgIpc) is 2.36. The molecule has 8 heteroatoms. The molecule has 0 heterocycles. The molecule has 0 unspecified atom stereocenters. The summed E-state index contributed by atoms with van der Waals surface area (Å²) in [4.78, 5) is 9.91. The smallest absolute Gasteiger partial charge is 0.272 e. The SMILES string of the molecule is O=[N+]([O-])c1cc(F)cc(CNc2c(F)cc(F)cc2Br)c1. The van der Waals surface area contributed by atoms with Gasteiger partial charge in [-0.05, 0) is 33.6 Å². The van der Waals surface area contributed by atoms with Gasteiger partial charge in [-0.3, -0.25) is 10.1 Å². The largest absolute Gasteiger partial charge is 0.378 e. The van der Waals surface area contributed by atoms with Crippen LogP contribution in [0.4, 0.5) is 24.5 Å². The first-order valence-electron chi connectivity index (χ1n) is 5.69. The Labute approximate surface area is 125 Å². The Bertz CT molecular complexity index is 687. The van der Waals surface area contributed by atoms with E-state index in [1.54, 1.807) is 0 Å². The zero-order valence-electron chi connectivity index (χ0n) is 10.4. The molecular formula is C13H8BrF3N2O2. The van der Waals surface area contributed by atoms with Gasteiger partial charge in [-0.2, -0.15) is 0 Å². The summed E-state index contributed by atoms with van der Waals surface area (Å²) in [7, 11) is 0. The number of anilines is 1. The molecule has 110 valence electrons. The number of nitrogens with zero attached hydrogens (tertiary/aromatic N) is 1. The van der Waals surface area contributed by atoms with Crippen LogP contribution in [-0.2, 0) is 6.54 Å². The van der Waals surface area contributed by atoms with Crippen molar-refractivity contribution in [2.24, 2.45) is 0 Å². The second kappa shape index (κ2) is 6.13. The highest BCUT2D eigenvalue weighted by Crippen LogP contribution is 2.27. The van der Waals surface area contributed by atoms with Gasteiger partial charge in [0.2, 0.25) is 0 Å². The lowest BCUT2D eigenvalue weighted by molar-refractivity contribution is -0.385. The van der Waals surface area contributed by atoms with Gasteiger partial charge in [0.25, 0.3) is 5.69 Å². The summed E-state index contributed by atoms with van der Waals surface area (Å²) >= 11 is 3.00. The fraction of sp³-hybridized carbons (Fsp3) is 0.0769. The molecule has 0 amide bonds. The molecule has 0 radical (unpaired) electrons. The van der Waals surface area contributed by atoms with Crippen molar-refractivity contribution in [2.45, 2.75) is 6.54 Å². The van der Waals surface area contributed by atoms with Gasteiger partial charge in [-0.1, -0.05) is 0 Å². The van der Waals surface area contributed by atoms with Crippen molar-refractivity contribution >= 4 is 27.3 Å². The number of rotatable bonds is 4. The molecule has 21 heavy (non-hydrogen) atoms. The lowest BCUT2D eigenvalue weighted by Crippen LogP contribution is -2.04. The molecule has 0 bridgehead atoms. The van der Waals surface area contributed by atoms with Gasteiger partial charge < -0.3 is 5.32 Å². The van der Waals surface area contributed by atoms with Crippen molar-refractivity contribution in [3.8, 4) is 0 Å². The third-order valence-corrected chi connectivity index (χ3v) is 3.25. The average molecular weight is 361 g/mol. The van der Waals surface area contributed by atoms with Crippen LogP contribution in [0.25, 0.3) is 0 Å². The fourth-order valence-electron chi connectivity index (χ4n) is 1.74. The summed E-state index contributed by atoms with van der Waals surface area (Å²) in [5.74, 6) is -2.33. The number of halogens is 4. The van der Waals surface area contributed by atoms with Crippen molar-refractivity contribution in [2.75, 3.05) is 5.32 Å². The van der Waals surface area contributed by atoms with E-state index in [4.69, 9.17) is 0 Å². The van der Waals surface area contributed by atoms with E-state index in [9.17, 15) is 23.3 Å².